The van der Waals surface area contributed by atoms with Crippen LogP contribution in [0.5, 0.6) is 23.1 Å². The average molecular weight is 407 g/mol. The lowest BCUT2D eigenvalue weighted by atomic mass is 10.3. The Bertz CT molecular complexity index is 1080. The standard InChI is InChI=1S/C20H17N5O5/c1-28-15-4-2-3-5-16(15)30-18-17(23-12-24-20(18)29-9-8-26)19(27)25-13-6-7-22-14(10-13)11-21/h2-7,10,12,26H,8-9H2,1H3,(H,22,25,27). The molecule has 3 rings (SSSR count). The average Bonchev–Trinajstić information content (AvgIpc) is 2.78. The first kappa shape index (κ1) is 20.5. The van der Waals surface area contributed by atoms with E-state index >= 15 is 0 Å². The minimum absolute atomic E-state index is 0.0254. The van der Waals surface area contributed by atoms with E-state index in [1.54, 1.807) is 24.3 Å². The molecule has 0 saturated carbocycles. The van der Waals surface area contributed by atoms with Gasteiger partial charge in [-0.1, -0.05) is 12.1 Å². The fourth-order valence-corrected chi connectivity index (χ4v) is 2.43. The second-order valence-corrected chi connectivity index (χ2v) is 5.68. The van der Waals surface area contributed by atoms with Crippen LogP contribution >= 0.6 is 0 Å². The summed E-state index contributed by atoms with van der Waals surface area (Å²) in [7, 11) is 1.48. The molecule has 30 heavy (non-hydrogen) atoms. The number of rotatable bonds is 8. The topological polar surface area (TPSA) is 139 Å². The number of carbonyl (C=O) groups is 1. The third-order valence-corrected chi connectivity index (χ3v) is 3.73. The number of carbonyl (C=O) groups excluding carboxylic acids is 1. The number of methoxy groups -OCH3 is 1. The number of para-hydroxylation sites is 2. The highest BCUT2D eigenvalue weighted by Gasteiger charge is 2.23. The van der Waals surface area contributed by atoms with E-state index in [0.717, 1.165) is 6.33 Å². The zero-order valence-corrected chi connectivity index (χ0v) is 15.9. The summed E-state index contributed by atoms with van der Waals surface area (Å²) in [6.07, 6.45) is 2.54. The van der Waals surface area contributed by atoms with Crippen LogP contribution in [0.4, 0.5) is 5.69 Å². The van der Waals surface area contributed by atoms with Crippen molar-refractivity contribution in [1.82, 2.24) is 15.0 Å². The van der Waals surface area contributed by atoms with Gasteiger partial charge in [0, 0.05) is 11.9 Å². The van der Waals surface area contributed by atoms with Crippen molar-refractivity contribution in [2.24, 2.45) is 0 Å². The quantitative estimate of drug-likeness (QED) is 0.575. The lowest BCUT2D eigenvalue weighted by Crippen LogP contribution is -2.16. The monoisotopic (exact) mass is 407 g/mol. The van der Waals surface area contributed by atoms with Crippen LogP contribution in [0.15, 0.2) is 48.9 Å². The van der Waals surface area contributed by atoms with E-state index in [-0.39, 0.29) is 36.2 Å². The molecule has 1 amide bonds. The van der Waals surface area contributed by atoms with E-state index in [1.165, 1.54) is 25.4 Å². The molecule has 10 nitrogen and oxygen atoms in total. The summed E-state index contributed by atoms with van der Waals surface area (Å²) in [5, 5.41) is 20.7. The Morgan fingerprint density at radius 1 is 1.20 bits per heavy atom. The molecule has 0 radical (unpaired) electrons. The van der Waals surface area contributed by atoms with E-state index in [4.69, 9.17) is 24.6 Å². The van der Waals surface area contributed by atoms with Crippen LogP contribution in [0.25, 0.3) is 0 Å². The van der Waals surface area contributed by atoms with Crippen molar-refractivity contribution < 1.29 is 24.1 Å². The third kappa shape index (κ3) is 4.78. The van der Waals surface area contributed by atoms with Gasteiger partial charge in [0.05, 0.1) is 13.7 Å². The van der Waals surface area contributed by atoms with E-state index in [1.807, 2.05) is 6.07 Å². The predicted octanol–water partition coefficient (Wildman–Crippen LogP) is 2.17. The van der Waals surface area contributed by atoms with Crippen molar-refractivity contribution >= 4 is 11.6 Å². The molecule has 0 atom stereocenters. The van der Waals surface area contributed by atoms with Gasteiger partial charge < -0.3 is 24.6 Å². The number of aliphatic hydroxyl groups is 1. The Balaban J connectivity index is 1.98. The van der Waals surface area contributed by atoms with Crippen LogP contribution < -0.4 is 19.5 Å². The zero-order chi connectivity index (χ0) is 21.3. The maximum Gasteiger partial charge on any atom is 0.278 e. The fourth-order valence-electron chi connectivity index (χ4n) is 2.43. The van der Waals surface area contributed by atoms with Crippen LogP contribution in [-0.2, 0) is 0 Å². The van der Waals surface area contributed by atoms with Gasteiger partial charge in [0.15, 0.2) is 17.2 Å². The minimum atomic E-state index is -0.619. The Kier molecular flexibility index (Phi) is 6.70. The Labute approximate surface area is 171 Å². The smallest absolute Gasteiger partial charge is 0.278 e. The molecular formula is C20H17N5O5. The van der Waals surface area contributed by atoms with Gasteiger partial charge in [0.25, 0.3) is 11.8 Å². The van der Waals surface area contributed by atoms with Gasteiger partial charge >= 0.3 is 0 Å². The Morgan fingerprint density at radius 2 is 2.00 bits per heavy atom. The number of ether oxygens (including phenoxy) is 3. The molecular weight excluding hydrogens is 390 g/mol. The first-order valence-corrected chi connectivity index (χ1v) is 8.73. The molecule has 1 aromatic carbocycles. The highest BCUT2D eigenvalue weighted by molar-refractivity contribution is 6.05. The van der Waals surface area contributed by atoms with Gasteiger partial charge in [-0.3, -0.25) is 4.79 Å². The van der Waals surface area contributed by atoms with E-state index in [2.05, 4.69) is 20.3 Å². The highest BCUT2D eigenvalue weighted by Crippen LogP contribution is 2.37. The summed E-state index contributed by atoms with van der Waals surface area (Å²) in [6, 6.07) is 11.7. The predicted molar refractivity (Wildman–Crippen MR) is 105 cm³/mol. The van der Waals surface area contributed by atoms with Crippen molar-refractivity contribution in [3.05, 3.63) is 60.3 Å². The fraction of sp³-hybridized carbons (Fsp3) is 0.150. The molecule has 10 heteroatoms. The highest BCUT2D eigenvalue weighted by atomic mass is 16.5. The van der Waals surface area contributed by atoms with Crippen LogP contribution in [0, 0.1) is 11.3 Å². The second-order valence-electron chi connectivity index (χ2n) is 5.68. The third-order valence-electron chi connectivity index (χ3n) is 3.73. The van der Waals surface area contributed by atoms with Crippen molar-refractivity contribution in [3.63, 3.8) is 0 Å². The van der Waals surface area contributed by atoms with E-state index in [0.29, 0.717) is 17.2 Å². The lowest BCUT2D eigenvalue weighted by molar-refractivity contribution is 0.101. The van der Waals surface area contributed by atoms with Crippen LogP contribution in [-0.4, -0.2) is 46.3 Å². The van der Waals surface area contributed by atoms with Crippen molar-refractivity contribution in [2.75, 3.05) is 25.6 Å². The largest absolute Gasteiger partial charge is 0.493 e. The summed E-state index contributed by atoms with van der Waals surface area (Å²) in [6.45, 7) is -0.316. The van der Waals surface area contributed by atoms with Gasteiger partial charge in [-0.05, 0) is 24.3 Å². The first-order valence-electron chi connectivity index (χ1n) is 8.73. The zero-order valence-electron chi connectivity index (χ0n) is 15.9. The van der Waals surface area contributed by atoms with Gasteiger partial charge in [-0.15, -0.1) is 0 Å². The molecule has 0 bridgehead atoms. The van der Waals surface area contributed by atoms with Crippen LogP contribution in [0.3, 0.4) is 0 Å². The van der Waals surface area contributed by atoms with Crippen LogP contribution in [0.2, 0.25) is 0 Å². The summed E-state index contributed by atoms with van der Waals surface area (Å²) >= 11 is 0. The minimum Gasteiger partial charge on any atom is -0.493 e. The number of nitriles is 1. The molecule has 0 fully saturated rings. The number of nitrogens with one attached hydrogen (secondary N) is 1. The molecule has 0 aliphatic heterocycles. The van der Waals surface area contributed by atoms with Gasteiger partial charge in [0.1, 0.15) is 24.7 Å². The number of aliphatic hydroxyl groups excluding tert-OH is 1. The number of amides is 1. The molecule has 2 aromatic heterocycles. The molecule has 0 aliphatic carbocycles. The van der Waals surface area contributed by atoms with Gasteiger partial charge in [-0.2, -0.15) is 10.2 Å². The summed E-state index contributed by atoms with van der Waals surface area (Å²) in [5.74, 6) is 0.0401. The number of benzene rings is 1. The molecule has 0 aliphatic rings. The summed E-state index contributed by atoms with van der Waals surface area (Å²) in [5.41, 5.74) is 0.387. The maximum atomic E-state index is 12.9. The first-order chi connectivity index (χ1) is 14.7. The maximum absolute atomic E-state index is 12.9. The number of anilines is 1. The van der Waals surface area contributed by atoms with Crippen LogP contribution in [0.1, 0.15) is 16.2 Å². The number of hydrogen-bond acceptors (Lipinski definition) is 9. The van der Waals surface area contributed by atoms with Crippen molar-refractivity contribution in [2.45, 2.75) is 0 Å². The van der Waals surface area contributed by atoms with Crippen molar-refractivity contribution in [3.8, 4) is 29.2 Å². The SMILES string of the molecule is COc1ccccc1Oc1c(OCCO)ncnc1C(=O)Nc1ccnc(C#N)c1. The number of hydrogen-bond donors (Lipinski definition) is 2. The van der Waals surface area contributed by atoms with Gasteiger partial charge in [0.2, 0.25) is 5.75 Å². The Hall–Kier alpha value is -4.23. The molecule has 0 saturated heterocycles. The second kappa shape index (κ2) is 9.81. The normalized spacial score (nSPS) is 10.0. The molecule has 0 spiro atoms. The summed E-state index contributed by atoms with van der Waals surface area (Å²) < 4.78 is 16.6. The molecule has 0 unspecified atom stereocenters. The van der Waals surface area contributed by atoms with Crippen molar-refractivity contribution in [1.29, 1.82) is 5.26 Å². The molecule has 152 valence electrons. The molecule has 2 heterocycles. The lowest BCUT2D eigenvalue weighted by Gasteiger charge is -2.15. The number of pyridine rings is 1. The van der Waals surface area contributed by atoms with E-state index < -0.39 is 5.91 Å². The Morgan fingerprint density at radius 3 is 2.73 bits per heavy atom. The van der Waals surface area contributed by atoms with E-state index in [9.17, 15) is 4.79 Å². The molecule has 3 aromatic rings. The number of aromatic nitrogens is 3. The molecule has 2 N–H and O–H groups in total. The number of nitrogens with zero attached hydrogens (tertiary/aromatic N) is 4. The summed E-state index contributed by atoms with van der Waals surface area (Å²) in [4.78, 5) is 24.8. The van der Waals surface area contributed by atoms with Gasteiger partial charge in [-0.25, -0.2) is 9.97 Å².